The fraction of sp³-hybridized carbons (Fsp3) is 0.0667. The first-order valence-electron chi connectivity index (χ1n) is 6.74. The van der Waals surface area contributed by atoms with Crippen LogP contribution in [0.4, 0.5) is 17.1 Å². The monoisotopic (exact) mass is 332 g/mol. The van der Waals surface area contributed by atoms with Gasteiger partial charge in [0.05, 0.1) is 22.6 Å². The van der Waals surface area contributed by atoms with Gasteiger partial charge in [0.2, 0.25) is 5.91 Å². The average molecular weight is 332 g/mol. The molecule has 0 spiro atoms. The molecule has 8 heteroatoms. The number of rotatable bonds is 2. The van der Waals surface area contributed by atoms with E-state index in [1.165, 1.54) is 0 Å². The van der Waals surface area contributed by atoms with Crippen molar-refractivity contribution in [3.63, 3.8) is 0 Å². The van der Waals surface area contributed by atoms with E-state index in [4.69, 9.17) is 9.79 Å². The van der Waals surface area contributed by atoms with Gasteiger partial charge in [0.15, 0.2) is 0 Å². The van der Waals surface area contributed by atoms with Crippen molar-refractivity contribution >= 4 is 36.5 Å². The maximum Gasteiger partial charge on any atom is 0.334 e. The molecule has 2 aromatic carbocycles. The van der Waals surface area contributed by atoms with Crippen LogP contribution in [0.1, 0.15) is 10.4 Å². The predicted octanol–water partition coefficient (Wildman–Crippen LogP) is 2.09. The second-order valence-corrected chi connectivity index (χ2v) is 6.69. The lowest BCUT2D eigenvalue weighted by atomic mass is 10.1. The van der Waals surface area contributed by atoms with Gasteiger partial charge in [-0.05, 0) is 24.3 Å². The van der Waals surface area contributed by atoms with Crippen LogP contribution < -0.4 is 10.2 Å². The molecule has 0 atom stereocenters. The summed E-state index contributed by atoms with van der Waals surface area (Å²) in [5.74, 6) is -1.58. The lowest BCUT2D eigenvalue weighted by Gasteiger charge is -2.21. The molecule has 0 bridgehead atoms. The van der Waals surface area contributed by atoms with Crippen LogP contribution in [0.2, 0.25) is 0 Å². The Balaban J connectivity index is 2.15. The van der Waals surface area contributed by atoms with E-state index in [1.54, 1.807) is 48.5 Å². The van der Waals surface area contributed by atoms with Gasteiger partial charge in [0, 0.05) is 0 Å². The summed E-state index contributed by atoms with van der Waals surface area (Å²) in [5.41, 5.74) is 1.54. The largest absolute Gasteiger partial charge is 0.353 e. The Hall–Kier alpha value is -2.47. The molecule has 1 aliphatic heterocycles. The van der Waals surface area contributed by atoms with E-state index >= 15 is 0 Å². The molecule has 0 unspecified atom stereocenters. The van der Waals surface area contributed by atoms with Gasteiger partial charge in [-0.25, -0.2) is 4.90 Å². The third-order valence-electron chi connectivity index (χ3n) is 3.37. The number of anilines is 3. The van der Waals surface area contributed by atoms with Gasteiger partial charge in [0.25, 0.3) is 5.91 Å². The first-order valence-corrected chi connectivity index (χ1v) is 8.53. The fourth-order valence-electron chi connectivity index (χ4n) is 2.42. The van der Waals surface area contributed by atoms with Crippen molar-refractivity contribution in [3.05, 3.63) is 54.1 Å². The topological polar surface area (TPSA) is 107 Å². The molecule has 3 N–H and O–H groups in total. The Kier molecular flexibility index (Phi) is 3.77. The van der Waals surface area contributed by atoms with E-state index in [0.29, 0.717) is 11.4 Å². The zero-order chi connectivity index (χ0) is 16.6. The van der Waals surface area contributed by atoms with Crippen LogP contribution in [0.25, 0.3) is 0 Å². The molecule has 2 amide bonds. The summed E-state index contributed by atoms with van der Waals surface area (Å²) in [6, 6.07) is 13.2. The number of hydrogen-bond donors (Lipinski definition) is 3. The van der Waals surface area contributed by atoms with Crippen molar-refractivity contribution in [1.29, 1.82) is 0 Å². The standard InChI is InChI=1S/C15H13N2O5P/c18-14(9-23(20,21)22)17-13-8-4-3-7-12(13)16-11-6-2-1-5-10(11)15(17)19/h1-8,16H,9H2,(H2,20,21,22). The van der Waals surface area contributed by atoms with Crippen molar-refractivity contribution in [2.45, 2.75) is 0 Å². The number of nitrogens with one attached hydrogen (secondary N) is 1. The molecule has 0 saturated carbocycles. The van der Waals surface area contributed by atoms with Crippen molar-refractivity contribution in [2.24, 2.45) is 0 Å². The Morgan fingerprint density at radius 1 is 1.04 bits per heavy atom. The maximum atomic E-state index is 12.7. The molecular formula is C15H13N2O5P. The summed E-state index contributed by atoms with van der Waals surface area (Å²) < 4.78 is 11.2. The van der Waals surface area contributed by atoms with Gasteiger partial charge in [-0.3, -0.25) is 14.2 Å². The fourth-order valence-corrected chi connectivity index (χ4v) is 2.92. The van der Waals surface area contributed by atoms with E-state index in [9.17, 15) is 14.2 Å². The number of fused-ring (bicyclic) bond motifs is 2. The molecule has 1 aliphatic rings. The smallest absolute Gasteiger partial charge is 0.334 e. The number of hydrogen-bond acceptors (Lipinski definition) is 4. The quantitative estimate of drug-likeness (QED) is 0.727. The molecule has 0 saturated heterocycles. The second kappa shape index (κ2) is 5.62. The molecule has 7 nitrogen and oxygen atoms in total. The van der Waals surface area contributed by atoms with E-state index < -0.39 is 25.6 Å². The summed E-state index contributed by atoms with van der Waals surface area (Å²) in [5, 5.41) is 3.07. The SMILES string of the molecule is O=C(CP(=O)(O)O)N1C(=O)c2ccccc2Nc2ccccc21. The molecule has 118 valence electrons. The van der Waals surface area contributed by atoms with Crippen molar-refractivity contribution in [1.82, 2.24) is 0 Å². The van der Waals surface area contributed by atoms with Crippen LogP contribution in [0.15, 0.2) is 48.5 Å². The van der Waals surface area contributed by atoms with Crippen LogP contribution in [0.3, 0.4) is 0 Å². The normalized spacial score (nSPS) is 13.7. The van der Waals surface area contributed by atoms with Gasteiger partial charge in [-0.15, -0.1) is 0 Å². The molecule has 3 rings (SSSR count). The van der Waals surface area contributed by atoms with Gasteiger partial charge < -0.3 is 15.1 Å². The van der Waals surface area contributed by atoms with Gasteiger partial charge >= 0.3 is 7.60 Å². The summed E-state index contributed by atoms with van der Waals surface area (Å²) in [7, 11) is -4.59. The number of para-hydroxylation sites is 3. The van der Waals surface area contributed by atoms with Crippen molar-refractivity contribution in [2.75, 3.05) is 16.4 Å². The second-order valence-electron chi connectivity index (χ2n) is 5.04. The van der Waals surface area contributed by atoms with Crippen LogP contribution in [0.5, 0.6) is 0 Å². The molecule has 2 aromatic rings. The number of amides is 2. The Morgan fingerprint density at radius 2 is 1.65 bits per heavy atom. The van der Waals surface area contributed by atoms with Gasteiger partial charge in [-0.2, -0.15) is 0 Å². The van der Waals surface area contributed by atoms with Crippen LogP contribution in [-0.2, 0) is 9.36 Å². The minimum atomic E-state index is -4.59. The molecule has 0 aliphatic carbocycles. The zero-order valence-corrected chi connectivity index (χ0v) is 12.7. The molecule has 0 radical (unpaired) electrons. The lowest BCUT2D eigenvalue weighted by molar-refractivity contribution is -0.115. The van der Waals surface area contributed by atoms with Gasteiger partial charge in [-0.1, -0.05) is 24.3 Å². The van der Waals surface area contributed by atoms with E-state index in [2.05, 4.69) is 5.32 Å². The van der Waals surface area contributed by atoms with Crippen LogP contribution in [0, 0.1) is 0 Å². The summed E-state index contributed by atoms with van der Waals surface area (Å²) in [6.07, 6.45) is -1.03. The first kappa shape index (κ1) is 15.4. The van der Waals surface area contributed by atoms with E-state index in [0.717, 1.165) is 4.90 Å². The summed E-state index contributed by atoms with van der Waals surface area (Å²) in [4.78, 5) is 44.0. The van der Waals surface area contributed by atoms with Gasteiger partial charge in [0.1, 0.15) is 6.16 Å². The molecule has 0 aromatic heterocycles. The summed E-state index contributed by atoms with van der Waals surface area (Å²) >= 11 is 0. The third kappa shape index (κ3) is 3.03. The molecule has 0 fully saturated rings. The minimum absolute atomic E-state index is 0.253. The van der Waals surface area contributed by atoms with E-state index in [1.807, 2.05) is 0 Å². The highest BCUT2D eigenvalue weighted by molar-refractivity contribution is 7.52. The molecular weight excluding hydrogens is 319 g/mol. The third-order valence-corrected chi connectivity index (χ3v) is 4.05. The first-order chi connectivity index (χ1) is 10.9. The number of nitrogens with zero attached hydrogens (tertiary/aromatic N) is 1. The average Bonchev–Trinajstić information content (AvgIpc) is 2.59. The van der Waals surface area contributed by atoms with Crippen molar-refractivity contribution < 1.29 is 23.9 Å². The lowest BCUT2D eigenvalue weighted by Crippen LogP contribution is -2.38. The molecule has 23 heavy (non-hydrogen) atoms. The predicted molar refractivity (Wildman–Crippen MR) is 84.9 cm³/mol. The van der Waals surface area contributed by atoms with Crippen molar-refractivity contribution in [3.8, 4) is 0 Å². The summed E-state index contributed by atoms with van der Waals surface area (Å²) in [6.45, 7) is 0. The number of carbonyl (C=O) groups excluding carboxylic acids is 2. The maximum absolute atomic E-state index is 12.7. The highest BCUT2D eigenvalue weighted by Crippen LogP contribution is 2.39. The Labute approximate surface area is 131 Å². The van der Waals surface area contributed by atoms with Crippen LogP contribution >= 0.6 is 7.60 Å². The minimum Gasteiger partial charge on any atom is -0.353 e. The highest BCUT2D eigenvalue weighted by Gasteiger charge is 2.34. The molecule has 1 heterocycles. The number of carbonyl (C=O) groups is 2. The van der Waals surface area contributed by atoms with E-state index in [-0.39, 0.29) is 11.3 Å². The van der Waals surface area contributed by atoms with Crippen LogP contribution in [-0.4, -0.2) is 27.8 Å². The Morgan fingerprint density at radius 3 is 2.35 bits per heavy atom. The Bertz CT molecular complexity index is 845. The highest BCUT2D eigenvalue weighted by atomic mass is 31.2. The zero-order valence-electron chi connectivity index (χ0n) is 11.8. The number of imide groups is 1. The number of benzene rings is 2.